The van der Waals surface area contributed by atoms with Crippen LogP contribution in [0.1, 0.15) is 22.8 Å². The fourth-order valence-corrected chi connectivity index (χ4v) is 1.70. The number of fused-ring (bicyclic) bond motifs is 1. The molecule has 1 aliphatic heterocycles. The Morgan fingerprint density at radius 2 is 2.17 bits per heavy atom. The molecule has 2 rings (SSSR count). The second-order valence-corrected chi connectivity index (χ2v) is 4.13. The van der Waals surface area contributed by atoms with Gasteiger partial charge >= 0.3 is 5.97 Å². The average molecular weight is 248 g/mol. The van der Waals surface area contributed by atoms with Gasteiger partial charge in [0.2, 0.25) is 5.91 Å². The first kappa shape index (κ1) is 12.1. The van der Waals surface area contributed by atoms with Crippen LogP contribution in [0.3, 0.4) is 0 Å². The van der Waals surface area contributed by atoms with E-state index in [-0.39, 0.29) is 5.91 Å². The molecular formula is C12H12N2O4. The second-order valence-electron chi connectivity index (χ2n) is 4.13. The van der Waals surface area contributed by atoms with Gasteiger partial charge in [0.25, 0.3) is 5.91 Å². The number of carboxylic acid groups (broad SMARTS) is 1. The van der Waals surface area contributed by atoms with E-state index in [1.807, 2.05) is 0 Å². The van der Waals surface area contributed by atoms with E-state index in [2.05, 4.69) is 10.6 Å². The van der Waals surface area contributed by atoms with Gasteiger partial charge in [0.15, 0.2) is 0 Å². The Bertz CT molecular complexity index is 539. The van der Waals surface area contributed by atoms with E-state index < -0.39 is 17.9 Å². The summed E-state index contributed by atoms with van der Waals surface area (Å²) in [5.41, 5.74) is 1.77. The zero-order chi connectivity index (χ0) is 13.3. The summed E-state index contributed by atoms with van der Waals surface area (Å²) in [5, 5.41) is 13.7. The van der Waals surface area contributed by atoms with E-state index in [4.69, 9.17) is 5.11 Å². The number of carbonyl (C=O) groups excluding carboxylic acids is 2. The molecule has 0 aromatic heterocycles. The highest BCUT2D eigenvalue weighted by atomic mass is 16.4. The standard InChI is InChI=1S/C12H12N2O4/c1-6(12(17)18)13-11(16)8-3-2-7-5-10(15)14-9(7)4-8/h2-4,6H,5H2,1H3,(H,13,16)(H,14,15)(H,17,18). The van der Waals surface area contributed by atoms with E-state index in [1.165, 1.54) is 6.92 Å². The first-order valence-electron chi connectivity index (χ1n) is 5.44. The van der Waals surface area contributed by atoms with Gasteiger partial charge in [-0.05, 0) is 24.6 Å². The van der Waals surface area contributed by atoms with Crippen LogP contribution in [0.15, 0.2) is 18.2 Å². The summed E-state index contributed by atoms with van der Waals surface area (Å²) in [5.74, 6) is -1.69. The van der Waals surface area contributed by atoms with Gasteiger partial charge in [-0.3, -0.25) is 14.4 Å². The maximum Gasteiger partial charge on any atom is 0.325 e. The Morgan fingerprint density at radius 3 is 2.83 bits per heavy atom. The van der Waals surface area contributed by atoms with Crippen molar-refractivity contribution >= 4 is 23.5 Å². The molecule has 2 amide bonds. The Labute approximate surface area is 103 Å². The predicted octanol–water partition coefficient (Wildman–Crippen LogP) is 0.384. The molecule has 0 radical (unpaired) electrons. The predicted molar refractivity (Wildman–Crippen MR) is 63.3 cm³/mol. The van der Waals surface area contributed by atoms with Crippen LogP contribution in [0.5, 0.6) is 0 Å². The van der Waals surface area contributed by atoms with Gasteiger partial charge in [0.05, 0.1) is 6.42 Å². The zero-order valence-electron chi connectivity index (χ0n) is 9.69. The molecule has 1 atom stereocenters. The summed E-state index contributed by atoms with van der Waals surface area (Å²) in [4.78, 5) is 33.5. The number of benzene rings is 1. The SMILES string of the molecule is CC(NC(=O)c1ccc2c(c1)NC(=O)C2)C(=O)O. The maximum absolute atomic E-state index is 11.8. The first-order chi connectivity index (χ1) is 8.47. The fourth-order valence-electron chi connectivity index (χ4n) is 1.70. The molecule has 1 aromatic rings. The number of amides is 2. The van der Waals surface area contributed by atoms with Crippen molar-refractivity contribution in [2.24, 2.45) is 0 Å². The van der Waals surface area contributed by atoms with Crippen LogP contribution in [0, 0.1) is 0 Å². The number of hydrogen-bond acceptors (Lipinski definition) is 3. The first-order valence-corrected chi connectivity index (χ1v) is 5.44. The van der Waals surface area contributed by atoms with E-state index in [9.17, 15) is 14.4 Å². The summed E-state index contributed by atoms with van der Waals surface area (Å²) >= 11 is 0. The molecule has 0 aliphatic carbocycles. The summed E-state index contributed by atoms with van der Waals surface area (Å²) < 4.78 is 0. The lowest BCUT2D eigenvalue weighted by molar-refractivity contribution is -0.138. The number of aliphatic carboxylic acids is 1. The fraction of sp³-hybridized carbons (Fsp3) is 0.250. The van der Waals surface area contributed by atoms with E-state index in [0.29, 0.717) is 17.7 Å². The Kier molecular flexibility index (Phi) is 3.01. The second kappa shape index (κ2) is 4.48. The lowest BCUT2D eigenvalue weighted by atomic mass is 10.1. The summed E-state index contributed by atoms with van der Waals surface area (Å²) in [6.45, 7) is 1.38. The summed E-state index contributed by atoms with van der Waals surface area (Å²) in [6, 6.07) is 3.85. The van der Waals surface area contributed by atoms with Crippen molar-refractivity contribution in [2.75, 3.05) is 5.32 Å². The molecule has 0 fully saturated rings. The van der Waals surface area contributed by atoms with Gasteiger partial charge in [-0.15, -0.1) is 0 Å². The topological polar surface area (TPSA) is 95.5 Å². The van der Waals surface area contributed by atoms with Gasteiger partial charge < -0.3 is 15.7 Å². The van der Waals surface area contributed by atoms with Crippen LogP contribution in [-0.4, -0.2) is 28.9 Å². The molecule has 94 valence electrons. The lowest BCUT2D eigenvalue weighted by Gasteiger charge is -2.10. The molecule has 6 nitrogen and oxygen atoms in total. The molecular weight excluding hydrogens is 236 g/mol. The number of carboxylic acids is 1. The van der Waals surface area contributed by atoms with Crippen molar-refractivity contribution in [3.8, 4) is 0 Å². The van der Waals surface area contributed by atoms with Crippen molar-refractivity contribution in [1.29, 1.82) is 0 Å². The van der Waals surface area contributed by atoms with E-state index >= 15 is 0 Å². The third kappa shape index (κ3) is 2.32. The van der Waals surface area contributed by atoms with Crippen LogP contribution in [0.25, 0.3) is 0 Å². The van der Waals surface area contributed by atoms with Crippen LogP contribution < -0.4 is 10.6 Å². The molecule has 1 heterocycles. The van der Waals surface area contributed by atoms with Crippen molar-refractivity contribution in [3.05, 3.63) is 29.3 Å². The van der Waals surface area contributed by atoms with Crippen LogP contribution in [-0.2, 0) is 16.0 Å². The largest absolute Gasteiger partial charge is 0.480 e. The molecule has 0 saturated heterocycles. The quantitative estimate of drug-likeness (QED) is 0.720. The maximum atomic E-state index is 11.8. The van der Waals surface area contributed by atoms with Crippen molar-refractivity contribution in [1.82, 2.24) is 5.32 Å². The molecule has 0 spiro atoms. The van der Waals surface area contributed by atoms with Crippen LogP contribution in [0.2, 0.25) is 0 Å². The monoisotopic (exact) mass is 248 g/mol. The molecule has 3 N–H and O–H groups in total. The Morgan fingerprint density at radius 1 is 1.44 bits per heavy atom. The minimum absolute atomic E-state index is 0.110. The molecule has 0 saturated carbocycles. The lowest BCUT2D eigenvalue weighted by Crippen LogP contribution is -2.38. The van der Waals surface area contributed by atoms with Gasteiger partial charge in [0, 0.05) is 11.3 Å². The molecule has 18 heavy (non-hydrogen) atoms. The van der Waals surface area contributed by atoms with Gasteiger partial charge in [-0.25, -0.2) is 0 Å². The van der Waals surface area contributed by atoms with Crippen molar-refractivity contribution < 1.29 is 19.5 Å². The van der Waals surface area contributed by atoms with E-state index in [1.54, 1.807) is 18.2 Å². The van der Waals surface area contributed by atoms with Crippen LogP contribution >= 0.6 is 0 Å². The van der Waals surface area contributed by atoms with Gasteiger partial charge in [-0.2, -0.15) is 0 Å². The Balaban J connectivity index is 2.15. The zero-order valence-corrected chi connectivity index (χ0v) is 9.69. The van der Waals surface area contributed by atoms with Gasteiger partial charge in [0.1, 0.15) is 6.04 Å². The molecule has 1 unspecified atom stereocenters. The third-order valence-electron chi connectivity index (χ3n) is 2.72. The number of rotatable bonds is 3. The minimum atomic E-state index is -1.10. The molecule has 1 aromatic carbocycles. The highest BCUT2D eigenvalue weighted by molar-refractivity contribution is 6.02. The van der Waals surface area contributed by atoms with Gasteiger partial charge in [-0.1, -0.05) is 6.07 Å². The minimum Gasteiger partial charge on any atom is -0.480 e. The highest BCUT2D eigenvalue weighted by Crippen LogP contribution is 2.23. The van der Waals surface area contributed by atoms with Crippen molar-refractivity contribution in [3.63, 3.8) is 0 Å². The molecule has 6 heteroatoms. The molecule has 1 aliphatic rings. The molecule has 0 bridgehead atoms. The number of anilines is 1. The van der Waals surface area contributed by atoms with Crippen molar-refractivity contribution in [2.45, 2.75) is 19.4 Å². The summed E-state index contributed by atoms with van der Waals surface area (Å²) in [6.07, 6.45) is 0.308. The normalized spacial score (nSPS) is 14.6. The average Bonchev–Trinajstić information content (AvgIpc) is 2.67. The smallest absolute Gasteiger partial charge is 0.325 e. The summed E-state index contributed by atoms with van der Waals surface area (Å²) in [7, 11) is 0. The number of nitrogens with one attached hydrogen (secondary N) is 2. The van der Waals surface area contributed by atoms with Crippen LogP contribution in [0.4, 0.5) is 5.69 Å². The highest BCUT2D eigenvalue weighted by Gasteiger charge is 2.20. The third-order valence-corrected chi connectivity index (χ3v) is 2.72. The number of carbonyl (C=O) groups is 3. The number of hydrogen-bond donors (Lipinski definition) is 3. The Hall–Kier alpha value is -2.37. The van der Waals surface area contributed by atoms with E-state index in [0.717, 1.165) is 5.56 Å².